The molecule has 0 aliphatic carbocycles. The standard InChI is InChI=1S/C12H6F9N/c1-4-5(2)8(11(16,17)18)9(12(19,20)21)6(3-22)7(4)10(13,14)15/h1-2H3. The Morgan fingerprint density at radius 2 is 0.955 bits per heavy atom. The van der Waals surface area contributed by atoms with Gasteiger partial charge in [0.15, 0.2) is 0 Å². The molecular weight excluding hydrogens is 329 g/mol. The van der Waals surface area contributed by atoms with E-state index in [4.69, 9.17) is 5.26 Å². The highest BCUT2D eigenvalue weighted by atomic mass is 19.4. The molecule has 1 aromatic carbocycles. The van der Waals surface area contributed by atoms with E-state index in [2.05, 4.69) is 0 Å². The van der Waals surface area contributed by atoms with Crippen molar-refractivity contribution >= 4 is 0 Å². The summed E-state index contributed by atoms with van der Waals surface area (Å²) in [5, 5.41) is 8.61. The summed E-state index contributed by atoms with van der Waals surface area (Å²) >= 11 is 0. The summed E-state index contributed by atoms with van der Waals surface area (Å²) in [6, 6.07) is 0.618. The van der Waals surface area contributed by atoms with E-state index in [1.165, 1.54) is 0 Å². The largest absolute Gasteiger partial charge is 0.418 e. The highest BCUT2D eigenvalue weighted by molar-refractivity contribution is 5.59. The summed E-state index contributed by atoms with van der Waals surface area (Å²) in [6.45, 7) is 1.10. The molecule has 0 heterocycles. The third kappa shape index (κ3) is 2.98. The van der Waals surface area contributed by atoms with Crippen molar-refractivity contribution in [2.24, 2.45) is 0 Å². The van der Waals surface area contributed by atoms with Crippen LogP contribution in [0, 0.1) is 25.2 Å². The molecule has 1 rings (SSSR count). The van der Waals surface area contributed by atoms with Gasteiger partial charge in [0.2, 0.25) is 0 Å². The molecule has 1 aromatic rings. The van der Waals surface area contributed by atoms with Crippen molar-refractivity contribution in [2.75, 3.05) is 0 Å². The Hall–Kier alpha value is -1.92. The molecule has 0 saturated carbocycles. The summed E-state index contributed by atoms with van der Waals surface area (Å²) in [6.07, 6.45) is -16.7. The fourth-order valence-corrected chi connectivity index (χ4v) is 2.10. The van der Waals surface area contributed by atoms with Crippen molar-refractivity contribution < 1.29 is 39.5 Å². The number of halogens is 9. The van der Waals surface area contributed by atoms with Crippen molar-refractivity contribution in [2.45, 2.75) is 32.4 Å². The van der Waals surface area contributed by atoms with E-state index in [0.29, 0.717) is 19.9 Å². The summed E-state index contributed by atoms with van der Waals surface area (Å²) in [7, 11) is 0. The Bertz CT molecular complexity index is 641. The second-order valence-corrected chi connectivity index (χ2v) is 4.36. The number of nitrogens with zero attached hydrogens (tertiary/aromatic N) is 1. The molecule has 0 aromatic heterocycles. The molecule has 1 nitrogen and oxygen atoms in total. The van der Waals surface area contributed by atoms with Gasteiger partial charge in [-0.3, -0.25) is 0 Å². The zero-order valence-electron chi connectivity index (χ0n) is 10.8. The Kier molecular flexibility index (Phi) is 4.18. The first kappa shape index (κ1) is 18.1. The summed E-state index contributed by atoms with van der Waals surface area (Å²) in [5.74, 6) is 0. The van der Waals surface area contributed by atoms with Gasteiger partial charge in [0.1, 0.15) is 6.07 Å². The van der Waals surface area contributed by atoms with Crippen LogP contribution in [0.1, 0.15) is 33.4 Å². The molecule has 0 aliphatic heterocycles. The Balaban J connectivity index is 4.19. The average molecular weight is 335 g/mol. The molecule has 0 saturated heterocycles. The van der Waals surface area contributed by atoms with Gasteiger partial charge in [-0.25, -0.2) is 0 Å². The van der Waals surface area contributed by atoms with Crippen molar-refractivity contribution in [1.29, 1.82) is 5.26 Å². The van der Waals surface area contributed by atoms with E-state index in [9.17, 15) is 39.5 Å². The van der Waals surface area contributed by atoms with E-state index in [1.807, 2.05) is 0 Å². The molecular formula is C12H6F9N. The van der Waals surface area contributed by atoms with Gasteiger partial charge in [-0.15, -0.1) is 0 Å². The van der Waals surface area contributed by atoms with Crippen molar-refractivity contribution in [1.82, 2.24) is 0 Å². The molecule has 0 unspecified atom stereocenters. The molecule has 0 N–H and O–H groups in total. The molecule has 0 fully saturated rings. The zero-order chi connectivity index (χ0) is 17.7. The number of hydrogen-bond donors (Lipinski definition) is 0. The highest BCUT2D eigenvalue weighted by Gasteiger charge is 2.50. The Labute approximate surface area is 118 Å². The van der Waals surface area contributed by atoms with Gasteiger partial charge in [-0.05, 0) is 25.0 Å². The number of rotatable bonds is 0. The summed E-state index contributed by atoms with van der Waals surface area (Å²) < 4.78 is 116. The van der Waals surface area contributed by atoms with Gasteiger partial charge in [0.05, 0.1) is 22.3 Å². The van der Waals surface area contributed by atoms with E-state index < -0.39 is 51.9 Å². The van der Waals surface area contributed by atoms with Crippen LogP contribution < -0.4 is 0 Å². The monoisotopic (exact) mass is 335 g/mol. The van der Waals surface area contributed by atoms with E-state index >= 15 is 0 Å². The zero-order valence-corrected chi connectivity index (χ0v) is 10.8. The highest BCUT2D eigenvalue weighted by Crippen LogP contribution is 2.48. The molecule has 0 aliphatic rings. The van der Waals surface area contributed by atoms with Gasteiger partial charge < -0.3 is 0 Å². The smallest absolute Gasteiger partial charge is 0.192 e. The van der Waals surface area contributed by atoms with Crippen LogP contribution in [0.3, 0.4) is 0 Å². The van der Waals surface area contributed by atoms with Crippen LogP contribution in [-0.4, -0.2) is 0 Å². The molecule has 0 spiro atoms. The van der Waals surface area contributed by atoms with Crippen LogP contribution in [0.5, 0.6) is 0 Å². The number of benzene rings is 1. The van der Waals surface area contributed by atoms with Crippen LogP contribution in [0.4, 0.5) is 39.5 Å². The number of alkyl halides is 9. The predicted octanol–water partition coefficient (Wildman–Crippen LogP) is 5.23. The fraction of sp³-hybridized carbons (Fsp3) is 0.417. The van der Waals surface area contributed by atoms with Gasteiger partial charge in [-0.2, -0.15) is 44.8 Å². The maximum Gasteiger partial charge on any atom is 0.418 e. The molecule has 0 atom stereocenters. The van der Waals surface area contributed by atoms with Gasteiger partial charge in [0, 0.05) is 0 Å². The lowest BCUT2D eigenvalue weighted by molar-refractivity contribution is -0.164. The topological polar surface area (TPSA) is 23.8 Å². The molecule has 122 valence electrons. The second kappa shape index (κ2) is 5.07. The lowest BCUT2D eigenvalue weighted by atomic mass is 9.87. The molecule has 0 bridgehead atoms. The molecule has 22 heavy (non-hydrogen) atoms. The SMILES string of the molecule is Cc1c(C)c(C(F)(F)F)c(C(F)(F)F)c(C#N)c1C(F)(F)F. The summed E-state index contributed by atoms with van der Waals surface area (Å²) in [5.41, 5.74) is -11.3. The van der Waals surface area contributed by atoms with Crippen LogP contribution in [0.15, 0.2) is 0 Å². The fourth-order valence-electron chi connectivity index (χ4n) is 2.10. The average Bonchev–Trinajstić information content (AvgIpc) is 2.26. The van der Waals surface area contributed by atoms with E-state index in [0.717, 1.165) is 0 Å². The Morgan fingerprint density at radius 3 is 1.23 bits per heavy atom. The first-order chi connectivity index (χ1) is 9.64. The molecule has 0 amide bonds. The van der Waals surface area contributed by atoms with Crippen LogP contribution >= 0.6 is 0 Å². The van der Waals surface area contributed by atoms with Crippen molar-refractivity contribution in [3.8, 4) is 6.07 Å². The second-order valence-electron chi connectivity index (χ2n) is 4.36. The lowest BCUT2D eigenvalue weighted by Crippen LogP contribution is -2.25. The first-order valence-corrected chi connectivity index (χ1v) is 5.42. The summed E-state index contributed by atoms with van der Waals surface area (Å²) in [4.78, 5) is 0. The molecule has 10 heteroatoms. The van der Waals surface area contributed by atoms with Crippen molar-refractivity contribution in [3.63, 3.8) is 0 Å². The maximum absolute atomic E-state index is 12.9. The normalized spacial score (nSPS) is 13.2. The maximum atomic E-state index is 12.9. The van der Waals surface area contributed by atoms with Crippen LogP contribution in [0.25, 0.3) is 0 Å². The minimum atomic E-state index is -5.77. The van der Waals surface area contributed by atoms with Gasteiger partial charge in [-0.1, -0.05) is 0 Å². The quantitative estimate of drug-likeness (QED) is 0.596. The third-order valence-electron chi connectivity index (χ3n) is 3.02. The number of hydrogen-bond acceptors (Lipinski definition) is 1. The lowest BCUT2D eigenvalue weighted by Gasteiger charge is -2.24. The minimum Gasteiger partial charge on any atom is -0.192 e. The third-order valence-corrected chi connectivity index (χ3v) is 3.02. The predicted molar refractivity (Wildman–Crippen MR) is 55.6 cm³/mol. The van der Waals surface area contributed by atoms with E-state index in [1.54, 1.807) is 0 Å². The first-order valence-electron chi connectivity index (χ1n) is 5.42. The van der Waals surface area contributed by atoms with Crippen LogP contribution in [-0.2, 0) is 18.5 Å². The van der Waals surface area contributed by atoms with Gasteiger partial charge in [0.25, 0.3) is 0 Å². The van der Waals surface area contributed by atoms with Crippen LogP contribution in [0.2, 0.25) is 0 Å². The number of nitriles is 1. The van der Waals surface area contributed by atoms with E-state index in [-0.39, 0.29) is 0 Å². The van der Waals surface area contributed by atoms with Crippen molar-refractivity contribution in [3.05, 3.63) is 33.4 Å². The minimum absolute atomic E-state index is 0.504. The molecule has 0 radical (unpaired) electrons. The van der Waals surface area contributed by atoms with Gasteiger partial charge >= 0.3 is 18.5 Å². The Morgan fingerprint density at radius 1 is 0.636 bits per heavy atom.